The first-order valence-corrected chi connectivity index (χ1v) is 7.08. The van der Waals surface area contributed by atoms with Gasteiger partial charge in [-0.2, -0.15) is 13.2 Å². The van der Waals surface area contributed by atoms with Crippen LogP contribution >= 0.6 is 11.8 Å². The van der Waals surface area contributed by atoms with Gasteiger partial charge in [0.25, 0.3) is 0 Å². The predicted molar refractivity (Wildman–Crippen MR) is 71.9 cm³/mol. The maximum absolute atomic E-state index is 13.8. The molecule has 1 saturated carbocycles. The van der Waals surface area contributed by atoms with Gasteiger partial charge in [0.2, 0.25) is 0 Å². The topological polar surface area (TPSA) is 38.4 Å². The number of benzene rings is 1. The average molecular weight is 306 g/mol. The molecule has 0 amide bonds. The van der Waals surface area contributed by atoms with E-state index in [9.17, 15) is 17.6 Å². The first-order valence-electron chi connectivity index (χ1n) is 6.10. The molecule has 2 nitrogen and oxygen atoms in total. The molecule has 0 saturated heterocycles. The van der Waals surface area contributed by atoms with E-state index < -0.39 is 17.7 Å². The summed E-state index contributed by atoms with van der Waals surface area (Å²) in [6.07, 6.45) is -2.40. The van der Waals surface area contributed by atoms with Crippen molar-refractivity contribution in [2.45, 2.75) is 30.8 Å². The van der Waals surface area contributed by atoms with Crippen LogP contribution in [0, 0.1) is 18.7 Å². The number of halogens is 4. The summed E-state index contributed by atoms with van der Waals surface area (Å²) in [5.41, 5.74) is 6.17. The number of hydrogen-bond acceptors (Lipinski definition) is 2. The number of nitrogens with zero attached hydrogens (tertiary/aromatic N) is 1. The zero-order chi connectivity index (χ0) is 14.9. The number of aryl methyl sites for hydroxylation is 1. The lowest BCUT2D eigenvalue weighted by atomic mass is 10.2. The highest BCUT2D eigenvalue weighted by Gasteiger charge is 2.28. The fourth-order valence-corrected chi connectivity index (χ4v) is 2.45. The minimum absolute atomic E-state index is 0.00433. The van der Waals surface area contributed by atoms with E-state index in [0.717, 1.165) is 12.8 Å². The number of alkyl halides is 3. The molecule has 0 heterocycles. The van der Waals surface area contributed by atoms with Crippen LogP contribution in [0.2, 0.25) is 0 Å². The molecule has 1 aromatic rings. The molecule has 0 aromatic heterocycles. The van der Waals surface area contributed by atoms with Gasteiger partial charge in [-0.15, -0.1) is 11.8 Å². The van der Waals surface area contributed by atoms with Crippen molar-refractivity contribution in [2.24, 2.45) is 16.6 Å². The van der Waals surface area contributed by atoms with Gasteiger partial charge < -0.3 is 5.73 Å². The van der Waals surface area contributed by atoms with Crippen LogP contribution in [0.5, 0.6) is 0 Å². The molecule has 0 aliphatic heterocycles. The standard InChI is InChI=1S/C13H14F4N2S/c1-7-4-9(14)10(19-12(18)8-2-3-8)5-11(7)20-6-13(15,16)17/h4-5,8H,2-3,6H2,1H3,(H2,18,19). The van der Waals surface area contributed by atoms with Crippen LogP contribution in [0.1, 0.15) is 18.4 Å². The Balaban J connectivity index is 2.22. The molecular formula is C13H14F4N2S. The summed E-state index contributed by atoms with van der Waals surface area (Å²) >= 11 is 0.626. The molecule has 1 fully saturated rings. The number of rotatable bonds is 4. The highest BCUT2D eigenvalue weighted by atomic mass is 32.2. The largest absolute Gasteiger partial charge is 0.398 e. The number of aliphatic imine (C=N–C) groups is 1. The van der Waals surface area contributed by atoms with E-state index in [1.54, 1.807) is 6.92 Å². The second-order valence-corrected chi connectivity index (χ2v) is 5.80. The molecule has 1 aromatic carbocycles. The summed E-state index contributed by atoms with van der Waals surface area (Å²) in [6.45, 7) is 1.57. The molecular weight excluding hydrogens is 292 g/mol. The summed E-state index contributed by atoms with van der Waals surface area (Å²) in [5.74, 6) is -1.05. The molecule has 7 heteroatoms. The minimum Gasteiger partial charge on any atom is -0.387 e. The van der Waals surface area contributed by atoms with E-state index in [0.29, 0.717) is 28.1 Å². The van der Waals surface area contributed by atoms with Crippen LogP contribution in [0.15, 0.2) is 22.0 Å². The maximum Gasteiger partial charge on any atom is 0.398 e. The van der Waals surface area contributed by atoms with E-state index in [-0.39, 0.29) is 11.6 Å². The van der Waals surface area contributed by atoms with Gasteiger partial charge in [-0.3, -0.25) is 0 Å². The van der Waals surface area contributed by atoms with Crippen molar-refractivity contribution in [2.75, 3.05) is 5.75 Å². The number of amidine groups is 1. The second-order valence-electron chi connectivity index (χ2n) is 4.78. The Hall–Kier alpha value is -1.24. The Morgan fingerprint density at radius 1 is 1.40 bits per heavy atom. The smallest absolute Gasteiger partial charge is 0.387 e. The molecule has 0 bridgehead atoms. The zero-order valence-electron chi connectivity index (χ0n) is 10.8. The number of nitrogens with two attached hydrogens (primary N) is 1. The van der Waals surface area contributed by atoms with Crippen LogP contribution in [0.3, 0.4) is 0 Å². The lowest BCUT2D eigenvalue weighted by Crippen LogP contribution is -2.13. The quantitative estimate of drug-likeness (QED) is 0.392. The molecule has 0 radical (unpaired) electrons. The van der Waals surface area contributed by atoms with E-state index >= 15 is 0 Å². The molecule has 110 valence electrons. The van der Waals surface area contributed by atoms with Crippen LogP contribution in [-0.2, 0) is 0 Å². The van der Waals surface area contributed by atoms with Gasteiger partial charge in [-0.1, -0.05) is 0 Å². The van der Waals surface area contributed by atoms with Crippen molar-refractivity contribution in [3.8, 4) is 0 Å². The molecule has 0 unspecified atom stereocenters. The van der Waals surface area contributed by atoms with Crippen molar-refractivity contribution < 1.29 is 17.6 Å². The Kier molecular flexibility index (Phi) is 4.27. The van der Waals surface area contributed by atoms with E-state index in [2.05, 4.69) is 4.99 Å². The Morgan fingerprint density at radius 2 is 2.05 bits per heavy atom. The van der Waals surface area contributed by atoms with Crippen molar-refractivity contribution in [3.05, 3.63) is 23.5 Å². The number of hydrogen-bond donors (Lipinski definition) is 1. The highest BCUT2D eigenvalue weighted by molar-refractivity contribution is 7.99. The molecule has 2 N–H and O–H groups in total. The van der Waals surface area contributed by atoms with Gasteiger partial charge in [0.05, 0.1) is 5.75 Å². The minimum atomic E-state index is -4.26. The fourth-order valence-electron chi connectivity index (χ4n) is 1.65. The van der Waals surface area contributed by atoms with Gasteiger partial charge in [-0.05, 0) is 37.5 Å². The fraction of sp³-hybridized carbons (Fsp3) is 0.462. The summed E-state index contributed by atoms with van der Waals surface area (Å²) < 4.78 is 50.5. The Labute approximate surface area is 118 Å². The van der Waals surface area contributed by atoms with Crippen LogP contribution in [-0.4, -0.2) is 17.8 Å². The molecule has 20 heavy (non-hydrogen) atoms. The molecule has 0 atom stereocenters. The Bertz CT molecular complexity index is 536. The Morgan fingerprint density at radius 3 is 2.60 bits per heavy atom. The molecule has 2 rings (SSSR count). The first-order chi connectivity index (χ1) is 9.26. The van der Waals surface area contributed by atoms with Crippen LogP contribution < -0.4 is 5.73 Å². The third-order valence-corrected chi connectivity index (χ3v) is 4.10. The van der Waals surface area contributed by atoms with Gasteiger partial charge >= 0.3 is 6.18 Å². The highest BCUT2D eigenvalue weighted by Crippen LogP contribution is 2.35. The number of thioether (sulfide) groups is 1. The third kappa shape index (κ3) is 4.13. The van der Waals surface area contributed by atoms with Crippen LogP contribution in [0.4, 0.5) is 23.2 Å². The van der Waals surface area contributed by atoms with Crippen molar-refractivity contribution in [1.82, 2.24) is 0 Å². The monoisotopic (exact) mass is 306 g/mol. The summed E-state index contributed by atoms with van der Waals surface area (Å²) in [7, 11) is 0. The van der Waals surface area contributed by atoms with Crippen molar-refractivity contribution in [3.63, 3.8) is 0 Å². The normalized spacial score (nSPS) is 16.6. The van der Waals surface area contributed by atoms with Gasteiger partial charge in [-0.25, -0.2) is 9.38 Å². The zero-order valence-corrected chi connectivity index (χ0v) is 11.6. The van der Waals surface area contributed by atoms with Gasteiger partial charge in [0.15, 0.2) is 0 Å². The molecule has 1 aliphatic carbocycles. The van der Waals surface area contributed by atoms with E-state index in [1.165, 1.54) is 12.1 Å². The second kappa shape index (κ2) is 5.63. The maximum atomic E-state index is 13.8. The molecule has 1 aliphatic rings. The third-order valence-electron chi connectivity index (χ3n) is 2.88. The lowest BCUT2D eigenvalue weighted by Gasteiger charge is -2.10. The average Bonchev–Trinajstić information content (AvgIpc) is 3.13. The summed E-state index contributed by atoms with van der Waals surface area (Å²) in [6, 6.07) is 2.52. The summed E-state index contributed by atoms with van der Waals surface area (Å²) in [5, 5.41) is 0. The van der Waals surface area contributed by atoms with Gasteiger partial charge in [0.1, 0.15) is 17.3 Å². The van der Waals surface area contributed by atoms with Crippen LogP contribution in [0.25, 0.3) is 0 Å². The lowest BCUT2D eigenvalue weighted by molar-refractivity contribution is -0.105. The molecule has 0 spiro atoms. The summed E-state index contributed by atoms with van der Waals surface area (Å²) in [4.78, 5) is 4.36. The van der Waals surface area contributed by atoms with Gasteiger partial charge in [0, 0.05) is 10.8 Å². The van der Waals surface area contributed by atoms with Crippen molar-refractivity contribution in [1.29, 1.82) is 0 Å². The first kappa shape index (κ1) is 15.2. The SMILES string of the molecule is Cc1cc(F)c(/N=C(\N)C2CC2)cc1SCC(F)(F)F. The predicted octanol–water partition coefficient (Wildman–Crippen LogP) is 4.19. The van der Waals surface area contributed by atoms with Crippen molar-refractivity contribution >= 4 is 23.3 Å². The van der Waals surface area contributed by atoms with E-state index in [4.69, 9.17) is 5.73 Å². The van der Waals surface area contributed by atoms with E-state index in [1.807, 2.05) is 0 Å².